The molecule has 3 rings (SSSR count). The molecule has 0 aliphatic heterocycles. The second-order valence-corrected chi connectivity index (χ2v) is 9.00. The maximum Gasteiger partial charge on any atom is 0.343 e. The third-order valence-electron chi connectivity index (χ3n) is 6.13. The van der Waals surface area contributed by atoms with Crippen LogP contribution >= 0.6 is 0 Å². The molecule has 3 aromatic rings. The lowest BCUT2D eigenvalue weighted by Gasteiger charge is -2.13. The SMILES string of the molecule is CCCCCCCCCCOc1c(F)c(F)c(-c2ccc(C(=O)Oc3ccc([N+](=O)[O-])cc3)cc2)c(F)c1F. The van der Waals surface area contributed by atoms with E-state index in [2.05, 4.69) is 6.92 Å². The third kappa shape index (κ3) is 7.78. The van der Waals surface area contributed by atoms with Crippen LogP contribution in [0.2, 0.25) is 0 Å². The zero-order valence-electron chi connectivity index (χ0n) is 21.5. The predicted octanol–water partition coefficient (Wildman–Crippen LogP) is 8.56. The Bertz CT molecular complexity index is 1250. The fourth-order valence-electron chi connectivity index (χ4n) is 3.98. The summed E-state index contributed by atoms with van der Waals surface area (Å²) in [7, 11) is 0. The van der Waals surface area contributed by atoms with Gasteiger partial charge in [0.2, 0.25) is 11.6 Å². The fourth-order valence-corrected chi connectivity index (χ4v) is 3.98. The number of halogens is 4. The minimum absolute atomic E-state index is 0.0239. The van der Waals surface area contributed by atoms with Gasteiger partial charge in [-0.3, -0.25) is 10.1 Å². The number of hydrogen-bond acceptors (Lipinski definition) is 5. The van der Waals surface area contributed by atoms with Gasteiger partial charge in [-0.05, 0) is 36.2 Å². The molecule has 0 aliphatic rings. The van der Waals surface area contributed by atoms with E-state index in [1.807, 2.05) is 0 Å². The van der Waals surface area contributed by atoms with Crippen LogP contribution in [0.4, 0.5) is 23.2 Å². The van der Waals surface area contributed by atoms with E-state index in [1.54, 1.807) is 0 Å². The molecule has 0 bridgehead atoms. The Kier molecular flexibility index (Phi) is 10.8. The van der Waals surface area contributed by atoms with Crippen molar-refractivity contribution in [3.05, 3.63) is 87.5 Å². The standard InChI is InChI=1S/C29H29F4NO5/c1-2-3-4-5-6-7-8-9-18-38-28-26(32)24(30)23(25(31)27(28)33)19-10-12-20(13-11-19)29(35)39-22-16-14-21(15-17-22)34(36)37/h10-17H,2-9,18H2,1H3. The molecular formula is C29H29F4NO5. The second-order valence-electron chi connectivity index (χ2n) is 9.00. The van der Waals surface area contributed by atoms with E-state index in [4.69, 9.17) is 9.47 Å². The van der Waals surface area contributed by atoms with Crippen LogP contribution in [0.5, 0.6) is 11.5 Å². The van der Waals surface area contributed by atoms with Crippen molar-refractivity contribution in [3.8, 4) is 22.6 Å². The molecule has 0 saturated carbocycles. The van der Waals surface area contributed by atoms with Crippen LogP contribution in [0.15, 0.2) is 48.5 Å². The first-order chi connectivity index (χ1) is 18.7. The molecular weight excluding hydrogens is 518 g/mol. The number of nitro benzene ring substituents is 1. The molecule has 0 aliphatic carbocycles. The van der Waals surface area contributed by atoms with Crippen molar-refractivity contribution in [1.29, 1.82) is 0 Å². The maximum absolute atomic E-state index is 14.8. The lowest BCUT2D eigenvalue weighted by Crippen LogP contribution is -2.09. The van der Waals surface area contributed by atoms with Crippen molar-refractivity contribution in [1.82, 2.24) is 0 Å². The topological polar surface area (TPSA) is 78.7 Å². The van der Waals surface area contributed by atoms with E-state index in [1.165, 1.54) is 37.1 Å². The van der Waals surface area contributed by atoms with Crippen molar-refractivity contribution in [3.63, 3.8) is 0 Å². The van der Waals surface area contributed by atoms with E-state index in [0.29, 0.717) is 6.42 Å². The van der Waals surface area contributed by atoms with E-state index < -0.39 is 45.5 Å². The summed E-state index contributed by atoms with van der Waals surface area (Å²) in [6, 6.07) is 9.36. The molecule has 39 heavy (non-hydrogen) atoms. The number of carbonyl (C=O) groups excluding carboxylic acids is 1. The molecule has 0 saturated heterocycles. The number of non-ortho nitro benzene ring substituents is 1. The summed E-state index contributed by atoms with van der Waals surface area (Å²) in [6.45, 7) is 2.06. The van der Waals surface area contributed by atoms with Gasteiger partial charge in [-0.2, -0.15) is 8.78 Å². The minimum atomic E-state index is -1.63. The van der Waals surface area contributed by atoms with Crippen LogP contribution in [0, 0.1) is 33.4 Å². The Morgan fingerprint density at radius 1 is 0.769 bits per heavy atom. The van der Waals surface area contributed by atoms with Crippen LogP contribution in [0.1, 0.15) is 68.6 Å². The van der Waals surface area contributed by atoms with E-state index >= 15 is 0 Å². The normalized spacial score (nSPS) is 10.9. The summed E-state index contributed by atoms with van der Waals surface area (Å²) in [5.74, 6) is -8.39. The van der Waals surface area contributed by atoms with Crippen molar-refractivity contribution >= 4 is 11.7 Å². The van der Waals surface area contributed by atoms with Gasteiger partial charge in [0.05, 0.1) is 22.7 Å². The lowest BCUT2D eigenvalue weighted by atomic mass is 10.0. The third-order valence-corrected chi connectivity index (χ3v) is 6.13. The summed E-state index contributed by atoms with van der Waals surface area (Å²) in [6.07, 6.45) is 7.90. The number of ether oxygens (including phenoxy) is 2. The first-order valence-electron chi connectivity index (χ1n) is 12.8. The fraction of sp³-hybridized carbons (Fsp3) is 0.345. The number of rotatable bonds is 14. The molecule has 0 aromatic heterocycles. The average Bonchev–Trinajstić information content (AvgIpc) is 2.93. The summed E-state index contributed by atoms with van der Waals surface area (Å²) < 4.78 is 69.1. The highest BCUT2D eigenvalue weighted by Gasteiger charge is 2.27. The minimum Gasteiger partial charge on any atom is -0.487 e. The first-order valence-corrected chi connectivity index (χ1v) is 12.8. The Morgan fingerprint density at radius 2 is 1.31 bits per heavy atom. The van der Waals surface area contributed by atoms with Crippen LogP contribution in [0.25, 0.3) is 11.1 Å². The van der Waals surface area contributed by atoms with Crippen molar-refractivity contribution in [2.24, 2.45) is 0 Å². The Morgan fingerprint density at radius 3 is 1.85 bits per heavy atom. The summed E-state index contributed by atoms with van der Waals surface area (Å²) in [4.78, 5) is 22.5. The molecule has 10 heteroatoms. The Hall–Kier alpha value is -3.95. The van der Waals surface area contributed by atoms with Crippen LogP contribution < -0.4 is 9.47 Å². The number of esters is 1. The number of benzene rings is 3. The second kappa shape index (κ2) is 14.3. The molecule has 6 nitrogen and oxygen atoms in total. The van der Waals surface area contributed by atoms with Gasteiger partial charge in [0.15, 0.2) is 17.4 Å². The van der Waals surface area contributed by atoms with Crippen LogP contribution in [-0.2, 0) is 0 Å². The summed E-state index contributed by atoms with van der Waals surface area (Å²) >= 11 is 0. The van der Waals surface area contributed by atoms with Gasteiger partial charge in [-0.1, -0.05) is 64.0 Å². The molecule has 0 unspecified atom stereocenters. The van der Waals surface area contributed by atoms with E-state index in [9.17, 15) is 32.5 Å². The molecule has 0 spiro atoms. The molecule has 0 radical (unpaired) electrons. The monoisotopic (exact) mass is 547 g/mol. The zero-order valence-corrected chi connectivity index (χ0v) is 21.5. The highest BCUT2D eigenvalue weighted by Crippen LogP contribution is 2.36. The molecule has 0 fully saturated rings. The molecule has 3 aromatic carbocycles. The van der Waals surface area contributed by atoms with Crippen molar-refractivity contribution < 1.29 is 36.8 Å². The zero-order chi connectivity index (χ0) is 28.4. The first kappa shape index (κ1) is 29.6. The molecule has 208 valence electrons. The van der Waals surface area contributed by atoms with Crippen molar-refractivity contribution in [2.75, 3.05) is 6.61 Å². The van der Waals surface area contributed by atoms with Gasteiger partial charge >= 0.3 is 5.97 Å². The molecule has 0 heterocycles. The van der Waals surface area contributed by atoms with E-state index in [0.717, 1.165) is 56.4 Å². The van der Waals surface area contributed by atoms with Gasteiger partial charge < -0.3 is 9.47 Å². The largest absolute Gasteiger partial charge is 0.487 e. The van der Waals surface area contributed by atoms with Crippen molar-refractivity contribution in [2.45, 2.75) is 58.3 Å². The average molecular weight is 548 g/mol. The number of nitrogens with zero attached hydrogens (tertiary/aromatic N) is 1. The predicted molar refractivity (Wildman–Crippen MR) is 138 cm³/mol. The van der Waals surface area contributed by atoms with Gasteiger partial charge in [0, 0.05) is 12.1 Å². The molecule has 0 N–H and O–H groups in total. The highest BCUT2D eigenvalue weighted by atomic mass is 19.2. The van der Waals surface area contributed by atoms with Gasteiger partial charge in [0.25, 0.3) is 5.69 Å². The van der Waals surface area contributed by atoms with Crippen LogP contribution in [-0.4, -0.2) is 17.5 Å². The quantitative estimate of drug-likeness (QED) is 0.0384. The number of nitro groups is 1. The lowest BCUT2D eigenvalue weighted by molar-refractivity contribution is -0.384. The van der Waals surface area contributed by atoms with Gasteiger partial charge in [0.1, 0.15) is 5.75 Å². The Labute approximate surface area is 223 Å². The van der Waals surface area contributed by atoms with Gasteiger partial charge in [-0.15, -0.1) is 0 Å². The number of hydrogen-bond donors (Lipinski definition) is 0. The van der Waals surface area contributed by atoms with E-state index in [-0.39, 0.29) is 29.2 Å². The highest BCUT2D eigenvalue weighted by molar-refractivity contribution is 5.91. The number of unbranched alkanes of at least 4 members (excludes halogenated alkanes) is 7. The summed E-state index contributed by atoms with van der Waals surface area (Å²) in [5, 5.41) is 10.7. The smallest absolute Gasteiger partial charge is 0.343 e. The number of carbonyl (C=O) groups is 1. The Balaban J connectivity index is 1.64. The molecule has 0 amide bonds. The molecule has 0 atom stereocenters. The maximum atomic E-state index is 14.8. The van der Waals surface area contributed by atoms with Crippen LogP contribution in [0.3, 0.4) is 0 Å². The van der Waals surface area contributed by atoms with Gasteiger partial charge in [-0.25, -0.2) is 13.6 Å². The summed E-state index contributed by atoms with van der Waals surface area (Å²) in [5.41, 5.74) is -1.35.